The number of rotatable bonds is 10. The lowest BCUT2D eigenvalue weighted by Crippen LogP contribution is -2.36. The highest BCUT2D eigenvalue weighted by atomic mass is 127. The van der Waals surface area contributed by atoms with E-state index in [0.717, 1.165) is 22.0 Å². The molecule has 0 saturated carbocycles. The first-order valence-corrected chi connectivity index (χ1v) is 13.0. The van der Waals surface area contributed by atoms with Gasteiger partial charge in [-0.05, 0) is 59.9 Å². The standard InChI is InChI=1S/C29H28IN3O2/c1-20(33-28(14-15-31)24-10-12-25(13-11-24)29(34)35-2)27(26-5-3-4-23(16-26)19-32)17-21-6-8-22(18-30)9-7-21/h3-13,16,20,27-28,33H,14,17-18H2,1-2H3/t20-,27+,28?/m0/s1. The zero-order valence-corrected chi connectivity index (χ0v) is 22.0. The molecule has 0 fully saturated rings. The van der Waals surface area contributed by atoms with Crippen LogP contribution in [0, 0.1) is 22.7 Å². The van der Waals surface area contributed by atoms with Gasteiger partial charge in [-0.3, -0.25) is 0 Å². The molecule has 5 nitrogen and oxygen atoms in total. The third kappa shape index (κ3) is 7.14. The Bertz CT molecular complexity index is 1210. The Balaban J connectivity index is 1.89. The van der Waals surface area contributed by atoms with Crippen LogP contribution in [-0.4, -0.2) is 19.1 Å². The summed E-state index contributed by atoms with van der Waals surface area (Å²) in [7, 11) is 1.36. The Morgan fingerprint density at radius 1 is 1.00 bits per heavy atom. The first kappa shape index (κ1) is 26.4. The van der Waals surface area contributed by atoms with Crippen molar-refractivity contribution in [3.05, 3.63) is 106 Å². The molecule has 0 aliphatic rings. The molecular formula is C29H28IN3O2. The van der Waals surface area contributed by atoms with E-state index in [-0.39, 0.29) is 30.4 Å². The van der Waals surface area contributed by atoms with Gasteiger partial charge in [-0.15, -0.1) is 0 Å². The fourth-order valence-electron chi connectivity index (χ4n) is 4.21. The van der Waals surface area contributed by atoms with E-state index in [1.165, 1.54) is 18.2 Å². The van der Waals surface area contributed by atoms with E-state index in [2.05, 4.69) is 77.3 Å². The number of ether oxygens (including phenoxy) is 1. The predicted molar refractivity (Wildman–Crippen MR) is 145 cm³/mol. The van der Waals surface area contributed by atoms with Crippen LogP contribution >= 0.6 is 22.6 Å². The van der Waals surface area contributed by atoms with Gasteiger partial charge in [0.25, 0.3) is 0 Å². The molecule has 0 heterocycles. The van der Waals surface area contributed by atoms with E-state index in [1.807, 2.05) is 30.3 Å². The number of methoxy groups -OCH3 is 1. The molecule has 3 aromatic rings. The molecule has 3 aromatic carbocycles. The fourth-order valence-corrected chi connectivity index (χ4v) is 4.72. The Hall–Kier alpha value is -3.20. The van der Waals surface area contributed by atoms with Crippen molar-refractivity contribution in [1.29, 1.82) is 10.5 Å². The van der Waals surface area contributed by atoms with Crippen molar-refractivity contribution in [2.24, 2.45) is 0 Å². The van der Waals surface area contributed by atoms with Crippen molar-refractivity contribution in [1.82, 2.24) is 5.32 Å². The number of carbonyl (C=O) groups is 1. The van der Waals surface area contributed by atoms with Gasteiger partial charge in [-0.1, -0.05) is 71.1 Å². The Morgan fingerprint density at radius 3 is 2.29 bits per heavy atom. The van der Waals surface area contributed by atoms with Crippen LogP contribution in [0.2, 0.25) is 0 Å². The lowest BCUT2D eigenvalue weighted by molar-refractivity contribution is 0.0600. The summed E-state index contributed by atoms with van der Waals surface area (Å²) >= 11 is 2.36. The second-order valence-electron chi connectivity index (χ2n) is 8.48. The molecule has 0 bridgehead atoms. The van der Waals surface area contributed by atoms with Gasteiger partial charge < -0.3 is 10.1 Å². The molecule has 0 aromatic heterocycles. The van der Waals surface area contributed by atoms with E-state index in [9.17, 15) is 15.3 Å². The third-order valence-electron chi connectivity index (χ3n) is 6.17. The molecule has 0 spiro atoms. The van der Waals surface area contributed by atoms with Gasteiger partial charge in [0.2, 0.25) is 0 Å². The molecule has 1 unspecified atom stereocenters. The van der Waals surface area contributed by atoms with Crippen molar-refractivity contribution in [2.45, 2.75) is 42.2 Å². The number of hydrogen-bond donors (Lipinski definition) is 1. The maximum atomic E-state index is 11.8. The van der Waals surface area contributed by atoms with Gasteiger partial charge in [-0.2, -0.15) is 10.5 Å². The van der Waals surface area contributed by atoms with Crippen molar-refractivity contribution in [3.8, 4) is 12.1 Å². The first-order chi connectivity index (χ1) is 17.0. The van der Waals surface area contributed by atoms with E-state index in [4.69, 9.17) is 4.74 Å². The number of nitrogens with one attached hydrogen (secondary N) is 1. The largest absolute Gasteiger partial charge is 0.465 e. The lowest BCUT2D eigenvalue weighted by atomic mass is 9.85. The van der Waals surface area contributed by atoms with E-state index >= 15 is 0 Å². The van der Waals surface area contributed by atoms with E-state index in [1.54, 1.807) is 12.1 Å². The number of benzene rings is 3. The summed E-state index contributed by atoms with van der Waals surface area (Å²) in [6.45, 7) is 2.12. The quantitative estimate of drug-likeness (QED) is 0.175. The maximum Gasteiger partial charge on any atom is 0.337 e. The van der Waals surface area contributed by atoms with Crippen LogP contribution in [0.1, 0.15) is 63.5 Å². The summed E-state index contributed by atoms with van der Waals surface area (Å²) < 4.78 is 5.76. The highest BCUT2D eigenvalue weighted by Gasteiger charge is 2.24. The van der Waals surface area contributed by atoms with Crippen LogP contribution in [-0.2, 0) is 15.6 Å². The summed E-state index contributed by atoms with van der Waals surface area (Å²) in [5.74, 6) is -0.301. The Labute approximate surface area is 220 Å². The predicted octanol–water partition coefficient (Wildman–Crippen LogP) is 6.24. The molecule has 35 heavy (non-hydrogen) atoms. The van der Waals surface area contributed by atoms with Crippen LogP contribution in [0.3, 0.4) is 0 Å². The first-order valence-electron chi connectivity index (χ1n) is 11.4. The summed E-state index contributed by atoms with van der Waals surface area (Å²) in [6, 6.07) is 27.9. The van der Waals surface area contributed by atoms with Crippen molar-refractivity contribution < 1.29 is 9.53 Å². The monoisotopic (exact) mass is 577 g/mol. The summed E-state index contributed by atoms with van der Waals surface area (Å²) in [5, 5.41) is 22.6. The molecule has 0 aliphatic heterocycles. The minimum Gasteiger partial charge on any atom is -0.465 e. The van der Waals surface area contributed by atoms with Crippen molar-refractivity contribution in [2.75, 3.05) is 7.11 Å². The molecular weight excluding hydrogens is 549 g/mol. The molecule has 0 radical (unpaired) electrons. The van der Waals surface area contributed by atoms with Gasteiger partial charge in [0.15, 0.2) is 0 Å². The molecule has 0 saturated heterocycles. The third-order valence-corrected chi connectivity index (χ3v) is 7.05. The van der Waals surface area contributed by atoms with Crippen molar-refractivity contribution >= 4 is 28.6 Å². The minimum absolute atomic E-state index is 0.00632. The van der Waals surface area contributed by atoms with Crippen LogP contribution in [0.15, 0.2) is 72.8 Å². The Morgan fingerprint density at radius 2 is 1.69 bits per heavy atom. The topological polar surface area (TPSA) is 85.9 Å². The van der Waals surface area contributed by atoms with Gasteiger partial charge in [0, 0.05) is 22.4 Å². The van der Waals surface area contributed by atoms with Gasteiger partial charge in [0.1, 0.15) is 0 Å². The smallest absolute Gasteiger partial charge is 0.337 e. The molecule has 0 aliphatic carbocycles. The van der Waals surface area contributed by atoms with Crippen LogP contribution in [0.5, 0.6) is 0 Å². The summed E-state index contributed by atoms with van der Waals surface area (Å²) in [5.41, 5.74) is 5.63. The van der Waals surface area contributed by atoms with Crippen LogP contribution in [0.4, 0.5) is 0 Å². The number of nitriles is 2. The Kier molecular flexibility index (Phi) is 9.84. The second-order valence-corrected chi connectivity index (χ2v) is 9.24. The number of alkyl halides is 1. The van der Waals surface area contributed by atoms with E-state index < -0.39 is 0 Å². The zero-order chi connectivity index (χ0) is 25.2. The van der Waals surface area contributed by atoms with Crippen LogP contribution < -0.4 is 5.32 Å². The van der Waals surface area contributed by atoms with Crippen LogP contribution in [0.25, 0.3) is 0 Å². The number of carbonyl (C=O) groups excluding carboxylic acids is 1. The van der Waals surface area contributed by atoms with Gasteiger partial charge in [0.05, 0.1) is 36.8 Å². The number of hydrogen-bond acceptors (Lipinski definition) is 5. The molecule has 3 rings (SSSR count). The van der Waals surface area contributed by atoms with Gasteiger partial charge >= 0.3 is 5.97 Å². The number of halogens is 1. The van der Waals surface area contributed by atoms with Crippen molar-refractivity contribution in [3.63, 3.8) is 0 Å². The average Bonchev–Trinajstić information content (AvgIpc) is 2.91. The molecule has 3 atom stereocenters. The SMILES string of the molecule is COC(=O)c1ccc(C(CC#N)N[C@@H](C)[C@@H](Cc2ccc(CI)cc2)c2cccc(C#N)c2)cc1. The molecule has 1 N–H and O–H groups in total. The summed E-state index contributed by atoms with van der Waals surface area (Å²) in [6.07, 6.45) is 1.09. The molecule has 6 heteroatoms. The highest BCUT2D eigenvalue weighted by Crippen LogP contribution is 2.29. The lowest BCUT2D eigenvalue weighted by Gasteiger charge is -2.30. The average molecular weight is 577 g/mol. The zero-order valence-electron chi connectivity index (χ0n) is 19.9. The maximum absolute atomic E-state index is 11.8. The van der Waals surface area contributed by atoms with Gasteiger partial charge in [-0.25, -0.2) is 4.79 Å². The normalized spacial score (nSPS) is 13.2. The summed E-state index contributed by atoms with van der Waals surface area (Å²) in [4.78, 5) is 11.8. The van der Waals surface area contributed by atoms with E-state index in [0.29, 0.717) is 11.1 Å². The molecule has 178 valence electrons. The number of esters is 1. The minimum atomic E-state index is -0.388. The molecule has 0 amide bonds. The highest BCUT2D eigenvalue weighted by molar-refractivity contribution is 14.1. The second kappa shape index (κ2) is 13.0. The fraction of sp³-hybridized carbons (Fsp3) is 0.276. The number of nitrogens with zero attached hydrogens (tertiary/aromatic N) is 2.